The van der Waals surface area contributed by atoms with Crippen molar-refractivity contribution in [2.75, 3.05) is 0 Å². The van der Waals surface area contributed by atoms with E-state index in [1.165, 1.54) is 0 Å². The van der Waals surface area contributed by atoms with Crippen LogP contribution < -0.4 is 5.73 Å². The van der Waals surface area contributed by atoms with Crippen molar-refractivity contribution in [3.05, 3.63) is 35.9 Å². The minimum atomic E-state index is -0.880. The van der Waals surface area contributed by atoms with Crippen molar-refractivity contribution in [2.24, 2.45) is 10.7 Å². The van der Waals surface area contributed by atoms with Crippen molar-refractivity contribution in [3.8, 4) is 12.1 Å². The second-order valence-electron chi connectivity index (χ2n) is 2.92. The number of nitrogens with two attached hydrogens (primary N) is 1. The standard InChI is InChI=1S/C11H10N4/c12-6-10(14)11(7-13)15-8-9-4-2-1-3-5-9/h1-5,8,10-11H,14H2/b15-8+. The maximum atomic E-state index is 8.71. The molecule has 2 unspecified atom stereocenters. The Bertz CT molecular complexity index is 410. The monoisotopic (exact) mass is 198 g/mol. The van der Waals surface area contributed by atoms with Gasteiger partial charge < -0.3 is 5.73 Å². The minimum Gasteiger partial charge on any atom is -0.313 e. The third kappa shape index (κ3) is 3.22. The van der Waals surface area contributed by atoms with Gasteiger partial charge in [-0.15, -0.1) is 0 Å². The molecule has 0 radical (unpaired) electrons. The van der Waals surface area contributed by atoms with Gasteiger partial charge in [0.1, 0.15) is 6.04 Å². The number of nitrogens with zero attached hydrogens (tertiary/aromatic N) is 3. The molecule has 2 atom stereocenters. The van der Waals surface area contributed by atoms with E-state index in [1.807, 2.05) is 36.4 Å². The summed E-state index contributed by atoms with van der Waals surface area (Å²) in [7, 11) is 0. The molecule has 0 bridgehead atoms. The molecular weight excluding hydrogens is 188 g/mol. The third-order valence-electron chi connectivity index (χ3n) is 1.81. The molecule has 0 fully saturated rings. The van der Waals surface area contributed by atoms with Crippen LogP contribution in [-0.4, -0.2) is 18.3 Å². The molecule has 0 spiro atoms. The normalized spacial score (nSPS) is 14.1. The molecule has 0 aliphatic heterocycles. The summed E-state index contributed by atoms with van der Waals surface area (Å²) in [6.45, 7) is 0. The van der Waals surface area contributed by atoms with Crippen LogP contribution in [0.15, 0.2) is 35.3 Å². The molecule has 0 saturated heterocycles. The minimum absolute atomic E-state index is 0.810. The second kappa shape index (κ2) is 5.54. The van der Waals surface area contributed by atoms with Crippen LogP contribution in [0.1, 0.15) is 5.56 Å². The average molecular weight is 198 g/mol. The van der Waals surface area contributed by atoms with Gasteiger partial charge in [-0.05, 0) is 5.56 Å². The van der Waals surface area contributed by atoms with E-state index in [4.69, 9.17) is 16.3 Å². The number of aliphatic imine (C=N–C) groups is 1. The van der Waals surface area contributed by atoms with Crippen molar-refractivity contribution in [3.63, 3.8) is 0 Å². The van der Waals surface area contributed by atoms with Crippen molar-refractivity contribution >= 4 is 6.21 Å². The van der Waals surface area contributed by atoms with Gasteiger partial charge in [0.05, 0.1) is 12.1 Å². The van der Waals surface area contributed by atoms with E-state index in [1.54, 1.807) is 12.3 Å². The summed E-state index contributed by atoms with van der Waals surface area (Å²) in [5, 5.41) is 17.2. The first kappa shape index (κ1) is 10.9. The van der Waals surface area contributed by atoms with E-state index in [9.17, 15) is 0 Å². The van der Waals surface area contributed by atoms with E-state index in [2.05, 4.69) is 4.99 Å². The lowest BCUT2D eigenvalue weighted by Crippen LogP contribution is -2.30. The molecular formula is C11H10N4. The van der Waals surface area contributed by atoms with Gasteiger partial charge >= 0.3 is 0 Å². The van der Waals surface area contributed by atoms with E-state index >= 15 is 0 Å². The predicted molar refractivity (Wildman–Crippen MR) is 57.0 cm³/mol. The Morgan fingerprint density at radius 1 is 1.20 bits per heavy atom. The molecule has 2 N–H and O–H groups in total. The first-order valence-corrected chi connectivity index (χ1v) is 4.41. The maximum absolute atomic E-state index is 8.71. The Hall–Kier alpha value is -2.17. The average Bonchev–Trinajstić information content (AvgIpc) is 2.31. The van der Waals surface area contributed by atoms with Crippen molar-refractivity contribution < 1.29 is 0 Å². The fraction of sp³-hybridized carbons (Fsp3) is 0.182. The highest BCUT2D eigenvalue weighted by atomic mass is 14.8. The molecule has 0 heterocycles. The second-order valence-corrected chi connectivity index (χ2v) is 2.92. The molecule has 15 heavy (non-hydrogen) atoms. The largest absolute Gasteiger partial charge is 0.313 e. The Balaban J connectivity index is 2.73. The third-order valence-corrected chi connectivity index (χ3v) is 1.81. The summed E-state index contributed by atoms with van der Waals surface area (Å²) in [6, 6.07) is 11.3. The topological polar surface area (TPSA) is 86.0 Å². The fourth-order valence-electron chi connectivity index (χ4n) is 0.982. The van der Waals surface area contributed by atoms with Gasteiger partial charge in [-0.1, -0.05) is 30.3 Å². The summed E-state index contributed by atoms with van der Waals surface area (Å²) in [5.74, 6) is 0. The molecule has 1 rings (SSSR count). The van der Waals surface area contributed by atoms with Crippen LogP contribution in [0.25, 0.3) is 0 Å². The molecule has 0 aromatic heterocycles. The van der Waals surface area contributed by atoms with Crippen LogP contribution in [0.5, 0.6) is 0 Å². The first-order chi connectivity index (χ1) is 7.27. The highest BCUT2D eigenvalue weighted by Gasteiger charge is 2.13. The Kier molecular flexibility index (Phi) is 4.03. The lowest BCUT2D eigenvalue weighted by Gasteiger charge is -2.03. The van der Waals surface area contributed by atoms with Gasteiger partial charge in [-0.3, -0.25) is 4.99 Å². The number of rotatable bonds is 3. The van der Waals surface area contributed by atoms with Gasteiger partial charge in [-0.2, -0.15) is 10.5 Å². The van der Waals surface area contributed by atoms with Gasteiger partial charge in [0.2, 0.25) is 0 Å². The van der Waals surface area contributed by atoms with E-state index < -0.39 is 12.1 Å². The van der Waals surface area contributed by atoms with Gasteiger partial charge in [0.25, 0.3) is 0 Å². The number of hydrogen-bond acceptors (Lipinski definition) is 4. The van der Waals surface area contributed by atoms with Gasteiger partial charge in [-0.25, -0.2) is 0 Å². The predicted octanol–water partition coefficient (Wildman–Crippen LogP) is 0.849. The van der Waals surface area contributed by atoms with Crippen LogP contribution in [-0.2, 0) is 0 Å². The van der Waals surface area contributed by atoms with Crippen LogP contribution in [0.3, 0.4) is 0 Å². The lowest BCUT2D eigenvalue weighted by molar-refractivity contribution is 0.732. The smallest absolute Gasteiger partial charge is 0.164 e. The Morgan fingerprint density at radius 2 is 1.87 bits per heavy atom. The van der Waals surface area contributed by atoms with E-state index in [-0.39, 0.29) is 0 Å². The fourth-order valence-corrected chi connectivity index (χ4v) is 0.982. The molecule has 1 aromatic carbocycles. The lowest BCUT2D eigenvalue weighted by atomic mass is 10.2. The summed E-state index contributed by atoms with van der Waals surface area (Å²) >= 11 is 0. The van der Waals surface area contributed by atoms with Crippen molar-refractivity contribution in [2.45, 2.75) is 12.1 Å². The summed E-state index contributed by atoms with van der Waals surface area (Å²) < 4.78 is 0. The SMILES string of the molecule is N#CC(N)C(C#N)/N=C/c1ccccc1. The maximum Gasteiger partial charge on any atom is 0.164 e. The highest BCUT2D eigenvalue weighted by molar-refractivity contribution is 5.79. The Morgan fingerprint density at radius 3 is 2.40 bits per heavy atom. The van der Waals surface area contributed by atoms with Crippen molar-refractivity contribution in [1.82, 2.24) is 0 Å². The summed E-state index contributed by atoms with van der Waals surface area (Å²) in [4.78, 5) is 3.95. The zero-order valence-electron chi connectivity index (χ0n) is 8.04. The van der Waals surface area contributed by atoms with Crippen LogP contribution in [0.2, 0.25) is 0 Å². The first-order valence-electron chi connectivity index (χ1n) is 4.41. The molecule has 0 aliphatic carbocycles. The number of hydrogen-bond donors (Lipinski definition) is 1. The van der Waals surface area contributed by atoms with Gasteiger partial charge in [0, 0.05) is 6.21 Å². The van der Waals surface area contributed by atoms with Crippen molar-refractivity contribution in [1.29, 1.82) is 10.5 Å². The quantitative estimate of drug-likeness (QED) is 0.730. The number of benzene rings is 1. The molecule has 4 nitrogen and oxygen atoms in total. The number of nitriles is 2. The van der Waals surface area contributed by atoms with E-state index in [0.29, 0.717) is 0 Å². The van der Waals surface area contributed by atoms with Gasteiger partial charge in [0.15, 0.2) is 6.04 Å². The van der Waals surface area contributed by atoms with Crippen LogP contribution in [0, 0.1) is 22.7 Å². The molecule has 0 aliphatic rings. The zero-order chi connectivity index (χ0) is 11.1. The molecule has 74 valence electrons. The molecule has 4 heteroatoms. The highest BCUT2D eigenvalue weighted by Crippen LogP contribution is 1.98. The Labute approximate surface area is 88.3 Å². The van der Waals surface area contributed by atoms with E-state index in [0.717, 1.165) is 5.56 Å². The molecule has 0 amide bonds. The van der Waals surface area contributed by atoms with Crippen LogP contribution in [0.4, 0.5) is 0 Å². The summed E-state index contributed by atoms with van der Waals surface area (Å²) in [6.07, 6.45) is 1.55. The van der Waals surface area contributed by atoms with Crippen LogP contribution >= 0.6 is 0 Å². The molecule has 1 aromatic rings. The summed E-state index contributed by atoms with van der Waals surface area (Å²) in [5.41, 5.74) is 6.27. The molecule has 0 saturated carbocycles. The zero-order valence-corrected chi connectivity index (χ0v) is 8.04.